The van der Waals surface area contributed by atoms with Gasteiger partial charge in [-0.25, -0.2) is 0 Å². The molecule has 1 aromatic heterocycles. The van der Waals surface area contributed by atoms with E-state index in [4.69, 9.17) is 0 Å². The van der Waals surface area contributed by atoms with Gasteiger partial charge in [0.15, 0.2) is 5.06 Å². The maximum absolute atomic E-state index is 9.89. The molecule has 0 saturated heterocycles. The third kappa shape index (κ3) is 2.03. The third-order valence-corrected chi connectivity index (χ3v) is 1.87. The average molecular weight is 164 g/mol. The lowest BCUT2D eigenvalue weighted by molar-refractivity contribution is 0.517. The molecule has 0 spiro atoms. The Bertz CT molecular complexity index is 228. The summed E-state index contributed by atoms with van der Waals surface area (Å²) in [5.74, 6) is 0. The molecule has 0 saturated carbocycles. The van der Waals surface area contributed by atoms with Gasteiger partial charge in [0.05, 0.1) is 0 Å². The van der Waals surface area contributed by atoms with E-state index in [1.165, 1.54) is 11.3 Å². The Morgan fingerprint density at radius 3 is 2.78 bits per heavy atom. The molecule has 0 fully saturated rings. The maximum atomic E-state index is 9.89. The van der Waals surface area contributed by atoms with E-state index < -0.39 is 11.0 Å². The van der Waals surface area contributed by atoms with Gasteiger partial charge in [-0.2, -0.15) is 8.42 Å². The van der Waals surface area contributed by atoms with Crippen molar-refractivity contribution in [1.82, 2.24) is 0 Å². The van der Waals surface area contributed by atoms with Crippen LogP contribution in [-0.4, -0.2) is 8.42 Å². The van der Waals surface area contributed by atoms with Crippen LogP contribution in [0.15, 0.2) is 17.5 Å². The van der Waals surface area contributed by atoms with E-state index in [1.807, 2.05) is 0 Å². The summed E-state index contributed by atoms with van der Waals surface area (Å²) in [6, 6.07) is 3.31. The minimum Gasteiger partial charge on any atom is -0.373 e. The summed E-state index contributed by atoms with van der Waals surface area (Å²) < 4.78 is 24.1. The molecule has 1 rings (SSSR count). The summed E-state index contributed by atoms with van der Waals surface area (Å²) in [6.07, 6.45) is 0. The highest BCUT2D eigenvalue weighted by Gasteiger charge is 1.91. The first-order valence-corrected chi connectivity index (χ1v) is 4.12. The molecule has 0 aromatic carbocycles. The minimum absolute atomic E-state index is 0.408. The summed E-state index contributed by atoms with van der Waals surface area (Å²) in [5.41, 5.74) is 0. The summed E-state index contributed by atoms with van der Waals surface area (Å²) in [5, 5.41) is 2.15. The molecular formula is C4H4O3S2. The third-order valence-electron chi connectivity index (χ3n) is 0.660. The second-order valence-electron chi connectivity index (χ2n) is 1.25. The van der Waals surface area contributed by atoms with Crippen LogP contribution in [0.4, 0.5) is 0 Å². The summed E-state index contributed by atoms with van der Waals surface area (Å²) in [7, 11) is -2.74. The van der Waals surface area contributed by atoms with Crippen LogP contribution in [0.3, 0.4) is 0 Å². The molecule has 0 atom stereocenters. The lowest BCUT2D eigenvalue weighted by atomic mass is 10.7. The van der Waals surface area contributed by atoms with Crippen molar-refractivity contribution in [3.05, 3.63) is 17.5 Å². The Hall–Kier alpha value is -0.550. The van der Waals surface area contributed by atoms with Crippen molar-refractivity contribution in [2.24, 2.45) is 0 Å². The van der Waals surface area contributed by atoms with Gasteiger partial charge in [0.1, 0.15) is 0 Å². The van der Waals surface area contributed by atoms with Crippen LogP contribution in [0, 0.1) is 0 Å². The lowest BCUT2D eigenvalue weighted by Gasteiger charge is -1.86. The van der Waals surface area contributed by atoms with Crippen molar-refractivity contribution in [2.75, 3.05) is 0 Å². The molecule has 0 radical (unpaired) electrons. The van der Waals surface area contributed by atoms with Crippen molar-refractivity contribution < 1.29 is 12.6 Å². The lowest BCUT2D eigenvalue weighted by Crippen LogP contribution is -1.85. The Kier molecular flexibility index (Phi) is 2.07. The Morgan fingerprint density at radius 2 is 2.33 bits per heavy atom. The minimum atomic E-state index is -2.74. The first-order chi connectivity index (χ1) is 4.29. The number of hydrogen-bond donors (Lipinski definition) is 1. The molecule has 0 aliphatic rings. The second-order valence-corrected chi connectivity index (χ2v) is 2.79. The van der Waals surface area contributed by atoms with Gasteiger partial charge in [0, 0.05) is 0 Å². The molecule has 0 unspecified atom stereocenters. The Balaban J connectivity index is 2.68. The standard InChI is InChI=1S/C4H4O3S2/c5-9(6)7-4-2-1-3-8-4/h1-3,9H. The fourth-order valence-electron chi connectivity index (χ4n) is 0.389. The van der Waals surface area contributed by atoms with Crippen LogP contribution in [-0.2, 0) is 11.0 Å². The second kappa shape index (κ2) is 2.84. The van der Waals surface area contributed by atoms with Crippen molar-refractivity contribution in [3.8, 4) is 5.06 Å². The molecule has 3 nitrogen and oxygen atoms in total. The van der Waals surface area contributed by atoms with Crippen molar-refractivity contribution >= 4 is 22.3 Å². The quantitative estimate of drug-likeness (QED) is 0.653. The molecule has 0 aliphatic heterocycles. The van der Waals surface area contributed by atoms with Crippen molar-refractivity contribution in [1.29, 1.82) is 0 Å². The predicted molar refractivity (Wildman–Crippen MR) is 35.3 cm³/mol. The summed E-state index contributed by atoms with van der Waals surface area (Å²) >= 11 is 1.25. The molecule has 9 heavy (non-hydrogen) atoms. The molecule has 0 bridgehead atoms. The summed E-state index contributed by atoms with van der Waals surface area (Å²) in [6.45, 7) is 0. The van der Waals surface area contributed by atoms with Crippen LogP contribution in [0.25, 0.3) is 0 Å². The molecule has 1 heterocycles. The van der Waals surface area contributed by atoms with E-state index in [2.05, 4.69) is 4.18 Å². The number of rotatable bonds is 2. The van der Waals surface area contributed by atoms with Gasteiger partial charge >= 0.3 is 0 Å². The predicted octanol–water partition coefficient (Wildman–Crippen LogP) is 0.653. The largest absolute Gasteiger partial charge is 0.373 e. The zero-order valence-electron chi connectivity index (χ0n) is 4.31. The van der Waals surface area contributed by atoms with E-state index >= 15 is 0 Å². The number of hydrogen-bond acceptors (Lipinski definition) is 4. The van der Waals surface area contributed by atoms with Crippen LogP contribution < -0.4 is 4.18 Å². The smallest absolute Gasteiger partial charge is 0.299 e. The van der Waals surface area contributed by atoms with E-state index in [-0.39, 0.29) is 0 Å². The molecule has 0 amide bonds. The van der Waals surface area contributed by atoms with Crippen molar-refractivity contribution in [3.63, 3.8) is 0 Å². The fraction of sp³-hybridized carbons (Fsp3) is 0. The highest BCUT2D eigenvalue weighted by molar-refractivity contribution is 7.67. The van der Waals surface area contributed by atoms with Gasteiger partial charge in [-0.3, -0.25) is 0 Å². The molecule has 50 valence electrons. The molecule has 5 heteroatoms. The zero-order valence-corrected chi connectivity index (χ0v) is 6.02. The highest BCUT2D eigenvalue weighted by Crippen LogP contribution is 2.17. The van der Waals surface area contributed by atoms with Crippen LogP contribution >= 0.6 is 11.3 Å². The van der Waals surface area contributed by atoms with Gasteiger partial charge in [-0.1, -0.05) is 0 Å². The van der Waals surface area contributed by atoms with Crippen LogP contribution in [0.5, 0.6) is 5.06 Å². The van der Waals surface area contributed by atoms with Gasteiger partial charge in [0.25, 0.3) is 11.0 Å². The van der Waals surface area contributed by atoms with Crippen LogP contribution in [0.1, 0.15) is 0 Å². The monoisotopic (exact) mass is 164 g/mol. The molecule has 1 aromatic rings. The molecule has 0 N–H and O–H groups in total. The van der Waals surface area contributed by atoms with Gasteiger partial charge in [0.2, 0.25) is 0 Å². The van der Waals surface area contributed by atoms with Gasteiger partial charge in [-0.15, -0.1) is 11.3 Å². The first kappa shape index (κ1) is 6.57. The maximum Gasteiger partial charge on any atom is 0.299 e. The topological polar surface area (TPSA) is 43.4 Å². The average Bonchev–Trinajstić information content (AvgIpc) is 2.15. The normalized spacial score (nSPS) is 9.89. The van der Waals surface area contributed by atoms with Gasteiger partial charge < -0.3 is 4.18 Å². The van der Waals surface area contributed by atoms with Crippen molar-refractivity contribution in [2.45, 2.75) is 0 Å². The Morgan fingerprint density at radius 1 is 1.56 bits per heavy atom. The van der Waals surface area contributed by atoms with E-state index in [9.17, 15) is 8.42 Å². The number of thiol groups is 1. The van der Waals surface area contributed by atoms with Crippen LogP contribution in [0.2, 0.25) is 0 Å². The Labute approximate surface area is 58.1 Å². The first-order valence-electron chi connectivity index (χ1n) is 2.15. The number of thiophene rings is 1. The highest BCUT2D eigenvalue weighted by atomic mass is 32.2. The van der Waals surface area contributed by atoms with E-state index in [0.717, 1.165) is 0 Å². The SMILES string of the molecule is O=[SH](=O)Oc1cccs1. The van der Waals surface area contributed by atoms with E-state index in [0.29, 0.717) is 5.06 Å². The summed E-state index contributed by atoms with van der Waals surface area (Å²) in [4.78, 5) is 0. The fourth-order valence-corrected chi connectivity index (χ4v) is 1.40. The zero-order chi connectivity index (χ0) is 6.69. The van der Waals surface area contributed by atoms with Gasteiger partial charge in [-0.05, 0) is 17.5 Å². The molecular weight excluding hydrogens is 160 g/mol. The van der Waals surface area contributed by atoms with E-state index in [1.54, 1.807) is 17.5 Å². The molecule has 0 aliphatic carbocycles.